The third-order valence-corrected chi connectivity index (χ3v) is 4.80. The first-order valence-corrected chi connectivity index (χ1v) is 9.15. The van der Waals surface area contributed by atoms with Gasteiger partial charge in [0.1, 0.15) is 11.0 Å². The van der Waals surface area contributed by atoms with E-state index in [4.69, 9.17) is 0 Å². The quantitative estimate of drug-likeness (QED) is 0.861. The molecule has 0 bridgehead atoms. The van der Waals surface area contributed by atoms with Crippen LogP contribution in [0.25, 0.3) is 0 Å². The molecule has 0 saturated heterocycles. The van der Waals surface area contributed by atoms with Crippen molar-refractivity contribution in [3.8, 4) is 0 Å². The van der Waals surface area contributed by atoms with Gasteiger partial charge in [0.05, 0.1) is 6.54 Å². The lowest BCUT2D eigenvalue weighted by Crippen LogP contribution is -2.44. The fourth-order valence-electron chi connectivity index (χ4n) is 2.27. The average Bonchev–Trinajstić information content (AvgIpc) is 2.97. The Balaban J connectivity index is 1.89. The van der Waals surface area contributed by atoms with Crippen molar-refractivity contribution in [1.29, 1.82) is 0 Å². The van der Waals surface area contributed by atoms with Gasteiger partial charge in [-0.25, -0.2) is 4.98 Å². The normalized spacial score (nSPS) is 12.5. The van der Waals surface area contributed by atoms with Crippen molar-refractivity contribution in [2.24, 2.45) is 0 Å². The van der Waals surface area contributed by atoms with Gasteiger partial charge in [0.2, 0.25) is 5.91 Å². The molecule has 2 aromatic rings. The monoisotopic (exact) mass is 359 g/mol. The average molecular weight is 359 g/mol. The minimum absolute atomic E-state index is 0.0381. The molecule has 0 spiro atoms. The second-order valence-electron chi connectivity index (χ2n) is 7.12. The van der Waals surface area contributed by atoms with Gasteiger partial charge in [-0.15, -0.1) is 11.3 Å². The highest BCUT2D eigenvalue weighted by molar-refractivity contribution is 7.09. The van der Waals surface area contributed by atoms with Gasteiger partial charge in [0.25, 0.3) is 5.91 Å². The lowest BCUT2D eigenvalue weighted by molar-refractivity contribution is -0.122. The largest absolute Gasteiger partial charge is 0.348 e. The summed E-state index contributed by atoms with van der Waals surface area (Å²) in [4.78, 5) is 28.7. The summed E-state index contributed by atoms with van der Waals surface area (Å²) in [5, 5.41) is 8.31. The number of amides is 2. The van der Waals surface area contributed by atoms with E-state index in [0.717, 1.165) is 16.3 Å². The van der Waals surface area contributed by atoms with Crippen molar-refractivity contribution in [3.63, 3.8) is 0 Å². The third kappa shape index (κ3) is 5.39. The van der Waals surface area contributed by atoms with Gasteiger partial charge >= 0.3 is 0 Å². The van der Waals surface area contributed by atoms with Gasteiger partial charge in [0, 0.05) is 16.6 Å². The number of thiazole rings is 1. The number of nitrogens with one attached hydrogen (secondary N) is 2. The molecule has 0 radical (unpaired) electrons. The van der Waals surface area contributed by atoms with Crippen LogP contribution in [0.1, 0.15) is 54.3 Å². The maximum Gasteiger partial charge on any atom is 0.251 e. The maximum atomic E-state index is 12.3. The molecule has 5 nitrogen and oxygen atoms in total. The first kappa shape index (κ1) is 19.1. The van der Waals surface area contributed by atoms with E-state index in [1.54, 1.807) is 19.1 Å². The number of benzene rings is 1. The molecule has 0 fully saturated rings. The summed E-state index contributed by atoms with van der Waals surface area (Å²) >= 11 is 1.50. The van der Waals surface area contributed by atoms with E-state index in [-0.39, 0.29) is 17.2 Å². The van der Waals surface area contributed by atoms with Crippen LogP contribution in [0.15, 0.2) is 29.6 Å². The highest BCUT2D eigenvalue weighted by atomic mass is 32.1. The zero-order valence-electron chi connectivity index (χ0n) is 15.3. The van der Waals surface area contributed by atoms with Crippen molar-refractivity contribution in [1.82, 2.24) is 15.6 Å². The predicted molar refractivity (Wildman–Crippen MR) is 101 cm³/mol. The fraction of sp³-hybridized carbons (Fsp3) is 0.421. The van der Waals surface area contributed by atoms with Crippen molar-refractivity contribution >= 4 is 23.2 Å². The summed E-state index contributed by atoms with van der Waals surface area (Å²) in [6.45, 7) is 10.3. The number of aromatic nitrogens is 1. The number of carbonyl (C=O) groups is 2. The van der Waals surface area contributed by atoms with Gasteiger partial charge in [-0.2, -0.15) is 0 Å². The molecule has 0 aliphatic carbocycles. The van der Waals surface area contributed by atoms with Crippen LogP contribution in [0.5, 0.6) is 0 Å². The first-order valence-electron chi connectivity index (χ1n) is 8.27. The molecule has 25 heavy (non-hydrogen) atoms. The van der Waals surface area contributed by atoms with E-state index in [9.17, 15) is 9.59 Å². The molecule has 0 aliphatic rings. The Hall–Kier alpha value is -2.21. The van der Waals surface area contributed by atoms with Crippen molar-refractivity contribution < 1.29 is 9.59 Å². The van der Waals surface area contributed by atoms with Crippen LogP contribution in [0.3, 0.4) is 0 Å². The molecule has 1 aromatic carbocycles. The fourth-order valence-corrected chi connectivity index (χ4v) is 2.98. The Bertz CT molecular complexity index is 745. The van der Waals surface area contributed by atoms with Crippen molar-refractivity contribution in [3.05, 3.63) is 51.5 Å². The lowest BCUT2D eigenvalue weighted by Gasteiger charge is -2.19. The van der Waals surface area contributed by atoms with Gasteiger partial charge in [0.15, 0.2) is 0 Å². The highest BCUT2D eigenvalue weighted by Crippen LogP contribution is 2.22. The molecule has 2 N–H and O–H groups in total. The molecule has 6 heteroatoms. The number of hydrogen-bond acceptors (Lipinski definition) is 4. The summed E-state index contributed by atoms with van der Waals surface area (Å²) in [6.07, 6.45) is 0. The Morgan fingerprint density at radius 1 is 1.20 bits per heavy atom. The number of rotatable bonds is 5. The molecular weight excluding hydrogens is 334 g/mol. The van der Waals surface area contributed by atoms with Crippen molar-refractivity contribution in [2.75, 3.05) is 0 Å². The summed E-state index contributed by atoms with van der Waals surface area (Å²) in [5.74, 6) is -0.485. The van der Waals surface area contributed by atoms with Gasteiger partial charge in [-0.1, -0.05) is 32.9 Å². The number of nitrogens with zero attached hydrogens (tertiary/aromatic N) is 1. The zero-order chi connectivity index (χ0) is 18.6. The molecule has 2 amide bonds. The second kappa shape index (κ2) is 7.78. The van der Waals surface area contributed by atoms with Gasteiger partial charge in [-0.05, 0) is 37.0 Å². The third-order valence-electron chi connectivity index (χ3n) is 3.83. The summed E-state index contributed by atoms with van der Waals surface area (Å²) in [6, 6.07) is 6.86. The van der Waals surface area contributed by atoms with Crippen LogP contribution in [0, 0.1) is 6.92 Å². The molecular formula is C19H25N3O2S. The number of hydrogen-bond donors (Lipinski definition) is 2. The number of carbonyl (C=O) groups excluding carboxylic acids is 2. The van der Waals surface area contributed by atoms with Gasteiger partial charge < -0.3 is 10.6 Å². The smallest absolute Gasteiger partial charge is 0.251 e. The Kier molecular flexibility index (Phi) is 5.95. The summed E-state index contributed by atoms with van der Waals surface area (Å²) in [5.41, 5.74) is 2.68. The molecule has 0 aliphatic heterocycles. The van der Waals surface area contributed by atoms with Crippen LogP contribution in [-0.4, -0.2) is 22.8 Å². The number of aryl methyl sites for hydroxylation is 1. The van der Waals surface area contributed by atoms with E-state index >= 15 is 0 Å². The van der Waals surface area contributed by atoms with Crippen LogP contribution < -0.4 is 10.6 Å². The lowest BCUT2D eigenvalue weighted by atomic mass is 9.86. The molecule has 1 heterocycles. The maximum absolute atomic E-state index is 12.3. The van der Waals surface area contributed by atoms with Gasteiger partial charge in [-0.3, -0.25) is 9.59 Å². The Morgan fingerprint density at radius 2 is 1.84 bits per heavy atom. The van der Waals surface area contributed by atoms with Crippen LogP contribution in [0.2, 0.25) is 0 Å². The van der Waals surface area contributed by atoms with E-state index in [1.165, 1.54) is 11.3 Å². The minimum atomic E-state index is -0.615. The first-order chi connectivity index (χ1) is 11.7. The van der Waals surface area contributed by atoms with E-state index < -0.39 is 6.04 Å². The predicted octanol–water partition coefficient (Wildman–Crippen LogP) is 3.18. The molecule has 1 atom stereocenters. The van der Waals surface area contributed by atoms with E-state index in [1.807, 2.05) is 24.4 Å². The van der Waals surface area contributed by atoms with Crippen LogP contribution in [-0.2, 0) is 16.8 Å². The molecule has 0 saturated carbocycles. The standard InChI is InChI=1S/C19H25N3O2S/c1-12-11-25-16(21-12)10-20-17(23)13(2)22-18(24)14-6-8-15(9-7-14)19(3,4)5/h6-9,11,13H,10H2,1-5H3,(H,20,23)(H,22,24)/t13-/m1/s1. The molecule has 1 aromatic heterocycles. The summed E-state index contributed by atoms with van der Waals surface area (Å²) < 4.78 is 0. The van der Waals surface area contributed by atoms with Crippen LogP contribution in [0.4, 0.5) is 0 Å². The van der Waals surface area contributed by atoms with E-state index in [0.29, 0.717) is 12.1 Å². The van der Waals surface area contributed by atoms with Crippen LogP contribution >= 0.6 is 11.3 Å². The minimum Gasteiger partial charge on any atom is -0.348 e. The molecule has 0 unspecified atom stereocenters. The topological polar surface area (TPSA) is 71.1 Å². The molecule has 2 rings (SSSR count). The Labute approximate surface area is 152 Å². The van der Waals surface area contributed by atoms with Crippen molar-refractivity contribution in [2.45, 2.75) is 52.6 Å². The molecule has 134 valence electrons. The zero-order valence-corrected chi connectivity index (χ0v) is 16.2. The highest BCUT2D eigenvalue weighted by Gasteiger charge is 2.18. The summed E-state index contributed by atoms with van der Waals surface area (Å²) in [7, 11) is 0. The SMILES string of the molecule is Cc1csc(CNC(=O)[C@@H](C)NC(=O)c2ccc(C(C)(C)C)cc2)n1. The van der Waals surface area contributed by atoms with E-state index in [2.05, 4.69) is 36.4 Å². The Morgan fingerprint density at radius 3 is 2.36 bits per heavy atom. The second-order valence-corrected chi connectivity index (χ2v) is 8.07.